The molecule has 0 saturated carbocycles. The summed E-state index contributed by atoms with van der Waals surface area (Å²) in [6.07, 6.45) is 0. The quantitative estimate of drug-likeness (QED) is 0.841. The molecular formula is C13H11Cl2N3O2. The molecule has 0 spiro atoms. The molecule has 5 nitrogen and oxygen atoms in total. The lowest BCUT2D eigenvalue weighted by Crippen LogP contribution is -2.19. The molecule has 1 aromatic carbocycles. The average Bonchev–Trinajstić information content (AvgIpc) is 2.37. The lowest BCUT2D eigenvalue weighted by molar-refractivity contribution is 0.262. The Kier molecular flexibility index (Phi) is 4.65. The molecule has 1 heterocycles. The fourth-order valence-corrected chi connectivity index (χ4v) is 1.99. The lowest BCUT2D eigenvalue weighted by Gasteiger charge is -2.09. The van der Waals surface area contributed by atoms with Crippen LogP contribution in [0.3, 0.4) is 0 Å². The summed E-state index contributed by atoms with van der Waals surface area (Å²) in [7, 11) is 1.56. The first-order valence-corrected chi connectivity index (χ1v) is 6.37. The van der Waals surface area contributed by atoms with E-state index in [1.165, 1.54) is 12.1 Å². The van der Waals surface area contributed by atoms with Crippen molar-refractivity contribution >= 4 is 40.6 Å². The van der Waals surface area contributed by atoms with Gasteiger partial charge in [0.25, 0.3) is 0 Å². The molecule has 7 heteroatoms. The van der Waals surface area contributed by atoms with Crippen LogP contribution in [0.4, 0.5) is 16.2 Å². The smallest absolute Gasteiger partial charge is 0.323 e. The average molecular weight is 312 g/mol. The van der Waals surface area contributed by atoms with E-state index < -0.39 is 6.03 Å². The Balaban J connectivity index is 2.04. The van der Waals surface area contributed by atoms with Gasteiger partial charge in [-0.2, -0.15) is 0 Å². The molecular weight excluding hydrogens is 301 g/mol. The van der Waals surface area contributed by atoms with Crippen LogP contribution in [0.5, 0.6) is 5.75 Å². The summed E-state index contributed by atoms with van der Waals surface area (Å²) >= 11 is 11.5. The maximum atomic E-state index is 11.8. The molecule has 0 saturated heterocycles. The van der Waals surface area contributed by atoms with E-state index in [1.807, 2.05) is 0 Å². The van der Waals surface area contributed by atoms with Gasteiger partial charge in [-0.25, -0.2) is 9.78 Å². The molecule has 0 aliphatic heterocycles. The maximum Gasteiger partial charge on any atom is 0.323 e. The Labute approximate surface area is 125 Å². The number of anilines is 2. The van der Waals surface area contributed by atoms with Gasteiger partial charge < -0.3 is 15.4 Å². The SMILES string of the molecule is COc1cccc(NC(=O)Nc2cc(Cl)nc(Cl)c2)c1. The van der Waals surface area contributed by atoms with E-state index in [1.54, 1.807) is 31.4 Å². The van der Waals surface area contributed by atoms with Crippen LogP contribution in [-0.2, 0) is 0 Å². The third-order valence-electron chi connectivity index (χ3n) is 2.35. The summed E-state index contributed by atoms with van der Waals surface area (Å²) in [5, 5.41) is 5.68. The van der Waals surface area contributed by atoms with Crippen molar-refractivity contribution in [2.75, 3.05) is 17.7 Å². The highest BCUT2D eigenvalue weighted by molar-refractivity contribution is 6.33. The summed E-state index contributed by atoms with van der Waals surface area (Å²) in [5.74, 6) is 0.651. The van der Waals surface area contributed by atoms with Crippen molar-refractivity contribution < 1.29 is 9.53 Å². The van der Waals surface area contributed by atoms with Crippen molar-refractivity contribution in [2.45, 2.75) is 0 Å². The maximum absolute atomic E-state index is 11.8. The van der Waals surface area contributed by atoms with Crippen LogP contribution >= 0.6 is 23.2 Å². The number of carbonyl (C=O) groups is 1. The van der Waals surface area contributed by atoms with Crippen LogP contribution in [0, 0.1) is 0 Å². The number of carbonyl (C=O) groups excluding carboxylic acids is 1. The predicted molar refractivity (Wildman–Crippen MR) is 79.9 cm³/mol. The van der Waals surface area contributed by atoms with Crippen molar-refractivity contribution in [3.63, 3.8) is 0 Å². The number of urea groups is 1. The molecule has 2 rings (SSSR count). The van der Waals surface area contributed by atoms with Crippen molar-refractivity contribution in [2.24, 2.45) is 0 Å². The van der Waals surface area contributed by atoms with Gasteiger partial charge in [0.15, 0.2) is 0 Å². The number of nitrogens with one attached hydrogen (secondary N) is 2. The van der Waals surface area contributed by atoms with Crippen LogP contribution < -0.4 is 15.4 Å². The number of rotatable bonds is 3. The predicted octanol–water partition coefficient (Wildman–Crippen LogP) is 4.04. The van der Waals surface area contributed by atoms with Gasteiger partial charge in [-0.1, -0.05) is 29.3 Å². The Morgan fingerprint density at radius 1 is 1.10 bits per heavy atom. The van der Waals surface area contributed by atoms with Crippen molar-refractivity contribution in [1.82, 2.24) is 4.98 Å². The molecule has 2 amide bonds. The molecule has 0 atom stereocenters. The van der Waals surface area contributed by atoms with Crippen LogP contribution in [-0.4, -0.2) is 18.1 Å². The minimum atomic E-state index is -0.420. The zero-order chi connectivity index (χ0) is 14.5. The van der Waals surface area contributed by atoms with E-state index in [0.717, 1.165) is 0 Å². The highest BCUT2D eigenvalue weighted by atomic mass is 35.5. The monoisotopic (exact) mass is 311 g/mol. The van der Waals surface area contributed by atoms with Gasteiger partial charge in [0.2, 0.25) is 0 Å². The second kappa shape index (κ2) is 6.45. The number of methoxy groups -OCH3 is 1. The number of ether oxygens (including phenoxy) is 1. The molecule has 104 valence electrons. The number of benzene rings is 1. The van der Waals surface area contributed by atoms with Gasteiger partial charge in [0.1, 0.15) is 16.1 Å². The summed E-state index contributed by atoms with van der Waals surface area (Å²) in [5.41, 5.74) is 1.06. The molecule has 1 aromatic heterocycles. The first-order valence-electron chi connectivity index (χ1n) is 5.62. The summed E-state index contributed by atoms with van der Waals surface area (Å²) < 4.78 is 5.07. The normalized spacial score (nSPS) is 9.95. The standard InChI is InChI=1S/C13H11Cl2N3O2/c1-20-10-4-2-3-8(5-10)16-13(19)17-9-6-11(14)18-12(15)7-9/h2-7H,1H3,(H2,16,17,18,19). The number of hydrogen-bond acceptors (Lipinski definition) is 3. The van der Waals surface area contributed by atoms with Crippen LogP contribution in [0.15, 0.2) is 36.4 Å². The minimum Gasteiger partial charge on any atom is -0.497 e. The largest absolute Gasteiger partial charge is 0.497 e. The van der Waals surface area contributed by atoms with Crippen LogP contribution in [0.25, 0.3) is 0 Å². The molecule has 0 aliphatic rings. The van der Waals surface area contributed by atoms with Gasteiger partial charge in [-0.05, 0) is 24.3 Å². The molecule has 0 aliphatic carbocycles. The Hall–Kier alpha value is -1.98. The van der Waals surface area contributed by atoms with Gasteiger partial charge in [-0.3, -0.25) is 0 Å². The summed E-state index contributed by atoms with van der Waals surface area (Å²) in [6.45, 7) is 0. The van der Waals surface area contributed by atoms with E-state index in [0.29, 0.717) is 17.1 Å². The number of amides is 2. The van der Waals surface area contributed by atoms with E-state index >= 15 is 0 Å². The number of halogens is 2. The minimum absolute atomic E-state index is 0.203. The van der Waals surface area contributed by atoms with Crippen molar-refractivity contribution in [3.05, 3.63) is 46.7 Å². The van der Waals surface area contributed by atoms with Crippen LogP contribution in [0.2, 0.25) is 10.3 Å². The van der Waals surface area contributed by atoms with E-state index in [4.69, 9.17) is 27.9 Å². The molecule has 0 radical (unpaired) electrons. The number of nitrogens with zero attached hydrogens (tertiary/aromatic N) is 1. The summed E-state index contributed by atoms with van der Waals surface area (Å²) in [4.78, 5) is 15.6. The number of aromatic nitrogens is 1. The van der Waals surface area contributed by atoms with Crippen molar-refractivity contribution in [1.29, 1.82) is 0 Å². The fraction of sp³-hybridized carbons (Fsp3) is 0.0769. The fourth-order valence-electron chi connectivity index (χ4n) is 1.53. The zero-order valence-corrected chi connectivity index (χ0v) is 12.0. The zero-order valence-electron chi connectivity index (χ0n) is 10.5. The van der Waals surface area contributed by atoms with Gasteiger partial charge in [-0.15, -0.1) is 0 Å². The van der Waals surface area contributed by atoms with Gasteiger partial charge in [0.05, 0.1) is 7.11 Å². The highest BCUT2D eigenvalue weighted by Crippen LogP contribution is 2.20. The Bertz CT molecular complexity index is 615. The lowest BCUT2D eigenvalue weighted by atomic mass is 10.3. The molecule has 0 bridgehead atoms. The first-order chi connectivity index (χ1) is 9.56. The van der Waals surface area contributed by atoms with Gasteiger partial charge >= 0.3 is 6.03 Å². The summed E-state index contributed by atoms with van der Waals surface area (Å²) in [6, 6.07) is 9.58. The Morgan fingerprint density at radius 2 is 1.75 bits per heavy atom. The number of pyridine rings is 1. The molecule has 2 aromatic rings. The second-order valence-electron chi connectivity index (χ2n) is 3.81. The molecule has 2 N–H and O–H groups in total. The third kappa shape index (κ3) is 4.01. The van der Waals surface area contributed by atoms with E-state index in [-0.39, 0.29) is 10.3 Å². The van der Waals surface area contributed by atoms with E-state index in [2.05, 4.69) is 15.6 Å². The Morgan fingerprint density at radius 3 is 2.40 bits per heavy atom. The highest BCUT2D eigenvalue weighted by Gasteiger charge is 2.05. The topological polar surface area (TPSA) is 63.2 Å². The first kappa shape index (κ1) is 14.4. The molecule has 0 unspecified atom stereocenters. The van der Waals surface area contributed by atoms with E-state index in [9.17, 15) is 4.79 Å². The van der Waals surface area contributed by atoms with Crippen molar-refractivity contribution in [3.8, 4) is 5.75 Å². The third-order valence-corrected chi connectivity index (χ3v) is 2.74. The van der Waals surface area contributed by atoms with Crippen LogP contribution in [0.1, 0.15) is 0 Å². The molecule has 20 heavy (non-hydrogen) atoms. The second-order valence-corrected chi connectivity index (χ2v) is 4.59. The molecule has 0 fully saturated rings. The number of hydrogen-bond donors (Lipinski definition) is 2. The van der Waals surface area contributed by atoms with Gasteiger partial charge in [0, 0.05) is 17.4 Å².